The molecule has 1 fully saturated rings. The van der Waals surface area contributed by atoms with Gasteiger partial charge in [0.1, 0.15) is 10.9 Å². The van der Waals surface area contributed by atoms with Crippen LogP contribution in [-0.4, -0.2) is 57.7 Å². The fraction of sp³-hybridized carbons (Fsp3) is 0.333. The van der Waals surface area contributed by atoms with Crippen molar-refractivity contribution in [2.24, 2.45) is 0 Å². The Bertz CT molecular complexity index is 1220. The molecule has 1 aliphatic rings. The average Bonchev–Trinajstić information content (AvgIpc) is 3.39. The predicted octanol–water partition coefficient (Wildman–Crippen LogP) is 3.12. The lowest BCUT2D eigenvalue weighted by Crippen LogP contribution is -2.39. The molecule has 3 aromatic heterocycles. The van der Waals surface area contributed by atoms with Crippen LogP contribution in [0.4, 0.5) is 5.95 Å². The molecule has 9 heteroatoms. The number of hydrogen-bond donors (Lipinski definition) is 1. The molecule has 8 nitrogen and oxygen atoms in total. The summed E-state index contributed by atoms with van der Waals surface area (Å²) in [5, 5.41) is 9.26. The van der Waals surface area contributed by atoms with Gasteiger partial charge in [0, 0.05) is 42.4 Å². The van der Waals surface area contributed by atoms with Crippen molar-refractivity contribution in [2.45, 2.75) is 19.6 Å². The van der Waals surface area contributed by atoms with E-state index in [0.717, 1.165) is 38.1 Å². The van der Waals surface area contributed by atoms with Crippen LogP contribution >= 0.6 is 11.3 Å². The molecule has 0 saturated carbocycles. The first-order valence-electron chi connectivity index (χ1n) is 9.84. The molecule has 4 aromatic rings. The Hall–Kier alpha value is -3.04. The summed E-state index contributed by atoms with van der Waals surface area (Å²) in [4.78, 5) is 26.8. The van der Waals surface area contributed by atoms with Gasteiger partial charge >= 0.3 is 0 Å². The molecular weight excluding hydrogens is 400 g/mol. The average molecular weight is 423 g/mol. The summed E-state index contributed by atoms with van der Waals surface area (Å²) in [6, 6.07) is 8.19. The molecule has 0 radical (unpaired) electrons. The number of nitrogens with zero attached hydrogens (tertiary/aromatic N) is 5. The van der Waals surface area contributed by atoms with Crippen molar-refractivity contribution in [3.8, 4) is 0 Å². The van der Waals surface area contributed by atoms with E-state index in [-0.39, 0.29) is 12.0 Å². The van der Waals surface area contributed by atoms with Crippen LogP contribution in [0.1, 0.15) is 23.5 Å². The summed E-state index contributed by atoms with van der Waals surface area (Å²) in [6.45, 7) is 4.19. The lowest BCUT2D eigenvalue weighted by molar-refractivity contribution is -0.128. The number of amides is 1. The van der Waals surface area contributed by atoms with Gasteiger partial charge in [-0.2, -0.15) is 5.10 Å². The second-order valence-electron chi connectivity index (χ2n) is 7.50. The minimum absolute atomic E-state index is 0.0474. The normalized spacial score (nSPS) is 17.0. The van der Waals surface area contributed by atoms with Gasteiger partial charge in [0.05, 0.1) is 31.4 Å². The van der Waals surface area contributed by atoms with Crippen molar-refractivity contribution in [3.63, 3.8) is 0 Å². The number of ether oxygens (including phenoxy) is 1. The van der Waals surface area contributed by atoms with Crippen LogP contribution in [0.5, 0.6) is 0 Å². The number of fused-ring (bicyclic) bond motifs is 2. The van der Waals surface area contributed by atoms with E-state index >= 15 is 0 Å². The number of carbonyl (C=O) groups excluding carboxylic acids is 1. The molecule has 0 spiro atoms. The minimum atomic E-state index is -0.0672. The fourth-order valence-electron chi connectivity index (χ4n) is 3.74. The molecule has 5 rings (SSSR count). The van der Waals surface area contributed by atoms with Gasteiger partial charge in [0.25, 0.3) is 0 Å². The summed E-state index contributed by atoms with van der Waals surface area (Å²) in [6.07, 6.45) is 3.65. The Morgan fingerprint density at radius 1 is 1.40 bits per heavy atom. The molecule has 1 N–H and O–H groups in total. The highest BCUT2D eigenvalue weighted by atomic mass is 32.1. The molecule has 0 aliphatic carbocycles. The number of thiophene rings is 1. The van der Waals surface area contributed by atoms with E-state index in [0.29, 0.717) is 25.6 Å². The van der Waals surface area contributed by atoms with Crippen LogP contribution < -0.4 is 4.90 Å². The van der Waals surface area contributed by atoms with Crippen molar-refractivity contribution in [1.82, 2.24) is 25.1 Å². The zero-order valence-corrected chi connectivity index (χ0v) is 17.6. The van der Waals surface area contributed by atoms with Crippen LogP contribution in [0.15, 0.2) is 36.7 Å². The largest absolute Gasteiger partial charge is 0.370 e. The number of aromatic amines is 1. The number of morpholine rings is 1. The molecular formula is C21H22N6O2S. The van der Waals surface area contributed by atoms with E-state index in [2.05, 4.69) is 32.2 Å². The quantitative estimate of drug-likeness (QED) is 0.544. The number of carbonyl (C=O) groups is 1. The second kappa shape index (κ2) is 7.66. The standard InChI is InChI=1S/C21H22N6O2S/c1-13(28)26(2)11-15-8-14-9-22-21(24-20(14)30-15)27-6-7-29-19(12-27)16-4-3-5-18-17(16)10-23-25-18/h3-5,8-10,19H,6-7,11-12H2,1-2H3,(H,23,25). The molecule has 30 heavy (non-hydrogen) atoms. The first-order valence-corrected chi connectivity index (χ1v) is 10.7. The lowest BCUT2D eigenvalue weighted by Gasteiger charge is -2.33. The molecule has 1 aromatic carbocycles. The van der Waals surface area contributed by atoms with Gasteiger partial charge < -0.3 is 14.5 Å². The first-order chi connectivity index (χ1) is 14.6. The Balaban J connectivity index is 1.39. The summed E-state index contributed by atoms with van der Waals surface area (Å²) in [5.41, 5.74) is 2.13. The first kappa shape index (κ1) is 19.0. The van der Waals surface area contributed by atoms with E-state index in [1.165, 1.54) is 0 Å². The number of nitrogens with one attached hydrogen (secondary N) is 1. The van der Waals surface area contributed by atoms with Crippen LogP contribution in [0.25, 0.3) is 21.1 Å². The van der Waals surface area contributed by atoms with Gasteiger partial charge in [-0.05, 0) is 17.7 Å². The Morgan fingerprint density at radius 2 is 2.30 bits per heavy atom. The summed E-state index contributed by atoms with van der Waals surface area (Å²) >= 11 is 1.61. The predicted molar refractivity (Wildman–Crippen MR) is 117 cm³/mol. The number of H-pyrrole nitrogens is 1. The number of anilines is 1. The fourth-order valence-corrected chi connectivity index (χ4v) is 4.79. The van der Waals surface area contributed by atoms with Gasteiger partial charge in [-0.3, -0.25) is 9.89 Å². The third kappa shape index (κ3) is 3.50. The molecule has 0 bridgehead atoms. The van der Waals surface area contributed by atoms with Crippen molar-refractivity contribution >= 4 is 44.3 Å². The number of hydrogen-bond acceptors (Lipinski definition) is 7. The van der Waals surface area contributed by atoms with E-state index in [9.17, 15) is 4.79 Å². The Labute approximate surface area is 177 Å². The maximum absolute atomic E-state index is 11.5. The topological polar surface area (TPSA) is 87.2 Å². The highest BCUT2D eigenvalue weighted by molar-refractivity contribution is 7.18. The molecule has 1 amide bonds. The highest BCUT2D eigenvalue weighted by Crippen LogP contribution is 2.31. The zero-order chi connectivity index (χ0) is 20.7. The van der Waals surface area contributed by atoms with Crippen molar-refractivity contribution in [2.75, 3.05) is 31.6 Å². The van der Waals surface area contributed by atoms with Gasteiger partial charge in [-0.15, -0.1) is 11.3 Å². The van der Waals surface area contributed by atoms with Crippen LogP contribution in [0, 0.1) is 0 Å². The van der Waals surface area contributed by atoms with E-state index in [1.54, 1.807) is 30.2 Å². The maximum atomic E-state index is 11.5. The van der Waals surface area contributed by atoms with Crippen molar-refractivity contribution < 1.29 is 9.53 Å². The number of aromatic nitrogens is 4. The van der Waals surface area contributed by atoms with Gasteiger partial charge in [0.15, 0.2) is 0 Å². The Kier molecular flexibility index (Phi) is 4.84. The third-order valence-corrected chi connectivity index (χ3v) is 6.49. The van der Waals surface area contributed by atoms with Gasteiger partial charge in [-0.1, -0.05) is 12.1 Å². The van der Waals surface area contributed by atoms with E-state index < -0.39 is 0 Å². The van der Waals surface area contributed by atoms with Gasteiger partial charge in [-0.25, -0.2) is 9.97 Å². The molecule has 1 saturated heterocycles. The molecule has 1 aliphatic heterocycles. The van der Waals surface area contributed by atoms with Crippen molar-refractivity contribution in [3.05, 3.63) is 47.1 Å². The maximum Gasteiger partial charge on any atom is 0.226 e. The van der Waals surface area contributed by atoms with Crippen LogP contribution in [0.2, 0.25) is 0 Å². The highest BCUT2D eigenvalue weighted by Gasteiger charge is 2.25. The molecule has 4 heterocycles. The number of rotatable bonds is 4. The summed E-state index contributed by atoms with van der Waals surface area (Å²) in [5.74, 6) is 0.759. The minimum Gasteiger partial charge on any atom is -0.370 e. The van der Waals surface area contributed by atoms with Crippen molar-refractivity contribution in [1.29, 1.82) is 0 Å². The molecule has 154 valence electrons. The SMILES string of the molecule is CC(=O)N(C)Cc1cc2cnc(N3CCOC(c4cccc5[nH]ncc45)C3)nc2s1. The Morgan fingerprint density at radius 3 is 3.17 bits per heavy atom. The summed E-state index contributed by atoms with van der Waals surface area (Å²) in [7, 11) is 1.80. The number of benzene rings is 1. The lowest BCUT2D eigenvalue weighted by atomic mass is 10.0. The monoisotopic (exact) mass is 422 g/mol. The van der Waals surface area contributed by atoms with E-state index in [1.807, 2.05) is 24.5 Å². The molecule has 1 unspecified atom stereocenters. The van der Waals surface area contributed by atoms with Gasteiger partial charge in [0.2, 0.25) is 11.9 Å². The summed E-state index contributed by atoms with van der Waals surface area (Å²) < 4.78 is 6.08. The zero-order valence-electron chi connectivity index (χ0n) is 16.8. The van der Waals surface area contributed by atoms with E-state index in [4.69, 9.17) is 9.72 Å². The van der Waals surface area contributed by atoms with Crippen LogP contribution in [0.3, 0.4) is 0 Å². The van der Waals surface area contributed by atoms with Crippen LogP contribution in [-0.2, 0) is 16.1 Å². The third-order valence-electron chi connectivity index (χ3n) is 5.46. The second-order valence-corrected chi connectivity index (χ2v) is 8.62. The molecule has 1 atom stereocenters. The smallest absolute Gasteiger partial charge is 0.226 e.